The number of nitrogens with zero attached hydrogens (tertiary/aromatic N) is 1. The van der Waals surface area contributed by atoms with Crippen LogP contribution >= 0.6 is 24.0 Å². The van der Waals surface area contributed by atoms with Crippen LogP contribution in [0.5, 0.6) is 5.75 Å². The number of ether oxygens (including phenoxy) is 1. The number of fused-ring (bicyclic) bond motifs is 1. The number of benzene rings is 2. The van der Waals surface area contributed by atoms with Crippen molar-refractivity contribution in [3.63, 3.8) is 0 Å². The van der Waals surface area contributed by atoms with Crippen molar-refractivity contribution in [2.75, 3.05) is 25.5 Å². The normalized spacial score (nSPS) is 15.7. The Labute approximate surface area is 183 Å². The van der Waals surface area contributed by atoms with Crippen molar-refractivity contribution in [2.45, 2.75) is 25.8 Å². The number of carbonyl (C=O) groups is 1. The van der Waals surface area contributed by atoms with E-state index in [0.29, 0.717) is 32.1 Å². The van der Waals surface area contributed by atoms with Gasteiger partial charge in [-0.15, -0.1) is 24.0 Å². The predicted octanol–water partition coefficient (Wildman–Crippen LogP) is 3.49. The van der Waals surface area contributed by atoms with Crippen LogP contribution in [0.1, 0.15) is 30.4 Å². The Hall–Kier alpha value is -2.29. The van der Waals surface area contributed by atoms with E-state index in [4.69, 9.17) is 4.74 Å². The van der Waals surface area contributed by atoms with Gasteiger partial charge in [0.2, 0.25) is 5.91 Å². The molecule has 0 radical (unpaired) electrons. The average molecular weight is 494 g/mol. The minimum atomic E-state index is 0. The van der Waals surface area contributed by atoms with E-state index in [1.54, 1.807) is 7.05 Å². The summed E-state index contributed by atoms with van der Waals surface area (Å²) in [5.74, 6) is 1.74. The van der Waals surface area contributed by atoms with Crippen molar-refractivity contribution < 1.29 is 9.53 Å². The van der Waals surface area contributed by atoms with Gasteiger partial charge in [0.15, 0.2) is 5.96 Å². The van der Waals surface area contributed by atoms with Crippen molar-refractivity contribution in [3.05, 3.63) is 59.7 Å². The lowest BCUT2D eigenvalue weighted by Crippen LogP contribution is -2.40. The molecule has 0 fully saturated rings. The van der Waals surface area contributed by atoms with Gasteiger partial charge in [0.25, 0.3) is 0 Å². The highest BCUT2D eigenvalue weighted by Crippen LogP contribution is 2.31. The first kappa shape index (κ1) is 22.0. The summed E-state index contributed by atoms with van der Waals surface area (Å²) in [6, 6.07) is 15.9. The predicted molar refractivity (Wildman–Crippen MR) is 124 cm³/mol. The number of amides is 1. The summed E-state index contributed by atoms with van der Waals surface area (Å²) >= 11 is 0. The number of para-hydroxylation sites is 2. The van der Waals surface area contributed by atoms with Crippen LogP contribution < -0.4 is 20.7 Å². The zero-order valence-electron chi connectivity index (χ0n) is 16.2. The number of rotatable bonds is 6. The molecule has 0 spiro atoms. The van der Waals surface area contributed by atoms with Crippen LogP contribution in [-0.2, 0) is 11.3 Å². The number of hydrogen-bond donors (Lipinski definition) is 3. The van der Waals surface area contributed by atoms with Crippen LogP contribution in [0.25, 0.3) is 0 Å². The van der Waals surface area contributed by atoms with E-state index in [1.165, 1.54) is 0 Å². The lowest BCUT2D eigenvalue weighted by atomic mass is 9.90. The maximum Gasteiger partial charge on any atom is 0.225 e. The molecule has 1 amide bonds. The maximum atomic E-state index is 12.0. The molecule has 2 aromatic rings. The molecule has 0 saturated carbocycles. The Morgan fingerprint density at radius 2 is 1.93 bits per heavy atom. The van der Waals surface area contributed by atoms with E-state index in [9.17, 15) is 4.79 Å². The molecule has 1 heterocycles. The summed E-state index contributed by atoms with van der Waals surface area (Å²) in [7, 11) is 1.74. The number of hydrogen-bond acceptors (Lipinski definition) is 3. The van der Waals surface area contributed by atoms with Crippen LogP contribution in [0.4, 0.5) is 5.69 Å². The highest BCUT2D eigenvalue weighted by Gasteiger charge is 2.24. The van der Waals surface area contributed by atoms with E-state index in [1.807, 2.05) is 49.4 Å². The molecule has 3 rings (SSSR count). The van der Waals surface area contributed by atoms with Gasteiger partial charge in [-0.25, -0.2) is 0 Å². The molecule has 28 heavy (non-hydrogen) atoms. The van der Waals surface area contributed by atoms with Gasteiger partial charge in [0.1, 0.15) is 5.75 Å². The number of halogens is 1. The first-order chi connectivity index (χ1) is 13.2. The third kappa shape index (κ3) is 5.60. The molecule has 0 bridgehead atoms. The van der Waals surface area contributed by atoms with Gasteiger partial charge in [-0.3, -0.25) is 9.79 Å². The number of aliphatic imine (C=N–C) groups is 1. The number of carbonyl (C=O) groups excluding carboxylic acids is 1. The van der Waals surface area contributed by atoms with Crippen molar-refractivity contribution in [3.8, 4) is 5.75 Å². The molecule has 150 valence electrons. The molecule has 1 aliphatic heterocycles. The molecule has 0 aromatic heterocycles. The summed E-state index contributed by atoms with van der Waals surface area (Å²) in [6.45, 7) is 3.85. The first-order valence-electron chi connectivity index (χ1n) is 9.25. The van der Waals surface area contributed by atoms with Gasteiger partial charge >= 0.3 is 0 Å². The van der Waals surface area contributed by atoms with Gasteiger partial charge < -0.3 is 20.7 Å². The van der Waals surface area contributed by atoms with Gasteiger partial charge in [-0.2, -0.15) is 0 Å². The summed E-state index contributed by atoms with van der Waals surface area (Å²) in [5, 5.41) is 9.59. The molecular formula is C21H27IN4O2. The van der Waals surface area contributed by atoms with Crippen LogP contribution in [-0.4, -0.2) is 32.1 Å². The molecule has 6 nitrogen and oxygen atoms in total. The smallest absolute Gasteiger partial charge is 0.225 e. The summed E-state index contributed by atoms with van der Waals surface area (Å²) < 4.78 is 5.66. The zero-order valence-corrected chi connectivity index (χ0v) is 18.5. The van der Waals surface area contributed by atoms with E-state index in [-0.39, 0.29) is 35.8 Å². The first-order valence-corrected chi connectivity index (χ1v) is 9.25. The van der Waals surface area contributed by atoms with Gasteiger partial charge in [0, 0.05) is 43.7 Å². The van der Waals surface area contributed by atoms with Gasteiger partial charge in [-0.05, 0) is 24.6 Å². The lowest BCUT2D eigenvalue weighted by molar-refractivity contribution is -0.116. The fraction of sp³-hybridized carbons (Fsp3) is 0.333. The maximum absolute atomic E-state index is 12.0. The molecule has 0 saturated heterocycles. The largest absolute Gasteiger partial charge is 0.494 e. The summed E-state index contributed by atoms with van der Waals surface area (Å²) in [6.07, 6.45) is 0.466. The molecule has 2 aromatic carbocycles. The molecule has 1 atom stereocenters. The molecule has 0 aliphatic carbocycles. The van der Waals surface area contributed by atoms with E-state index >= 15 is 0 Å². The van der Waals surface area contributed by atoms with E-state index in [0.717, 1.165) is 22.6 Å². The van der Waals surface area contributed by atoms with E-state index < -0.39 is 0 Å². The van der Waals surface area contributed by atoms with Crippen LogP contribution in [0, 0.1) is 0 Å². The van der Waals surface area contributed by atoms with Crippen LogP contribution in [0.2, 0.25) is 0 Å². The molecule has 1 unspecified atom stereocenters. The topological polar surface area (TPSA) is 74.8 Å². The van der Waals surface area contributed by atoms with Crippen molar-refractivity contribution in [2.24, 2.45) is 4.99 Å². The highest BCUT2D eigenvalue weighted by molar-refractivity contribution is 14.0. The summed E-state index contributed by atoms with van der Waals surface area (Å²) in [5.41, 5.74) is 3.13. The highest BCUT2D eigenvalue weighted by atomic mass is 127. The zero-order chi connectivity index (χ0) is 19.1. The minimum absolute atomic E-state index is 0. The lowest BCUT2D eigenvalue weighted by Gasteiger charge is -2.26. The fourth-order valence-corrected chi connectivity index (χ4v) is 3.25. The quantitative estimate of drug-likeness (QED) is 0.327. The Bertz CT molecular complexity index is 826. The number of anilines is 1. The molecule has 7 heteroatoms. The van der Waals surface area contributed by atoms with Gasteiger partial charge in [-0.1, -0.05) is 36.4 Å². The number of guanidine groups is 1. The monoisotopic (exact) mass is 494 g/mol. The Balaban J connectivity index is 0.00000280. The fourth-order valence-electron chi connectivity index (χ4n) is 3.25. The standard InChI is InChI=1S/C21H26N4O2.HI/c1-3-27-19-11-7-4-8-15(19)13-23-21(22-2)24-14-16-12-20(26)25-18-10-6-5-9-17(16)18;/h4-11,16H,3,12-14H2,1-2H3,(H,25,26)(H2,22,23,24);1H. The average Bonchev–Trinajstić information content (AvgIpc) is 2.69. The van der Waals surface area contributed by atoms with Crippen molar-refractivity contribution in [1.82, 2.24) is 10.6 Å². The Morgan fingerprint density at radius 1 is 1.18 bits per heavy atom. The van der Waals surface area contributed by atoms with Crippen LogP contribution in [0.3, 0.4) is 0 Å². The van der Waals surface area contributed by atoms with Crippen molar-refractivity contribution in [1.29, 1.82) is 0 Å². The third-order valence-corrected chi connectivity index (χ3v) is 4.56. The molecule has 3 N–H and O–H groups in total. The second-order valence-electron chi connectivity index (χ2n) is 6.38. The summed E-state index contributed by atoms with van der Waals surface area (Å²) in [4.78, 5) is 16.3. The number of nitrogens with one attached hydrogen (secondary N) is 3. The Kier molecular flexibility index (Phi) is 8.56. The third-order valence-electron chi connectivity index (χ3n) is 4.56. The molecule has 1 aliphatic rings. The van der Waals surface area contributed by atoms with Gasteiger partial charge in [0.05, 0.1) is 6.61 Å². The van der Waals surface area contributed by atoms with E-state index in [2.05, 4.69) is 27.0 Å². The molecular weight excluding hydrogens is 467 g/mol. The Morgan fingerprint density at radius 3 is 2.71 bits per heavy atom. The van der Waals surface area contributed by atoms with Crippen LogP contribution in [0.15, 0.2) is 53.5 Å². The SMILES string of the molecule is CCOc1ccccc1CNC(=NC)NCC1CC(=O)Nc2ccccc21.I. The minimum Gasteiger partial charge on any atom is -0.494 e. The van der Waals surface area contributed by atoms with Crippen molar-refractivity contribution >= 4 is 41.5 Å². The second kappa shape index (κ2) is 10.9. The second-order valence-corrected chi connectivity index (χ2v) is 6.38.